The van der Waals surface area contributed by atoms with Gasteiger partial charge in [0.25, 0.3) is 0 Å². The molecule has 0 spiro atoms. The first-order valence-corrected chi connectivity index (χ1v) is 6.54. The number of halogens is 1. The van der Waals surface area contributed by atoms with Crippen molar-refractivity contribution in [1.82, 2.24) is 4.98 Å². The zero-order chi connectivity index (χ0) is 14.8. The molecule has 2 aromatic rings. The molecule has 1 aromatic heterocycles. The Morgan fingerprint density at radius 3 is 2.50 bits per heavy atom. The summed E-state index contributed by atoms with van der Waals surface area (Å²) in [6, 6.07) is 9.95. The number of benzene rings is 1. The molecule has 4 heteroatoms. The lowest BCUT2D eigenvalue weighted by Gasteiger charge is -2.19. The Hall–Kier alpha value is -1.94. The second-order valence-corrected chi connectivity index (χ2v) is 5.69. The van der Waals surface area contributed by atoms with Crippen LogP contribution < -0.4 is 10.5 Å². The van der Waals surface area contributed by atoms with Gasteiger partial charge in [-0.1, -0.05) is 32.9 Å². The SMILES string of the molecule is CC(C)(C)c1cc(CN)cc(Oc2ccccc2F)n1. The van der Waals surface area contributed by atoms with Crippen LogP contribution in [-0.2, 0) is 12.0 Å². The normalized spacial score (nSPS) is 11.4. The summed E-state index contributed by atoms with van der Waals surface area (Å²) in [6.45, 7) is 6.56. The lowest BCUT2D eigenvalue weighted by Crippen LogP contribution is -2.15. The Kier molecular flexibility index (Phi) is 4.04. The minimum atomic E-state index is -0.412. The maximum atomic E-state index is 13.6. The summed E-state index contributed by atoms with van der Waals surface area (Å²) in [5.74, 6) is 0.113. The molecule has 0 saturated heterocycles. The van der Waals surface area contributed by atoms with Gasteiger partial charge in [0.05, 0.1) is 5.69 Å². The predicted molar refractivity (Wildman–Crippen MR) is 77.3 cm³/mol. The molecule has 0 radical (unpaired) electrons. The van der Waals surface area contributed by atoms with Crippen molar-refractivity contribution in [1.29, 1.82) is 0 Å². The fourth-order valence-electron chi connectivity index (χ4n) is 1.75. The molecule has 1 heterocycles. The molecule has 3 nitrogen and oxygen atoms in total. The van der Waals surface area contributed by atoms with Crippen molar-refractivity contribution in [2.45, 2.75) is 32.7 Å². The molecular formula is C16H19FN2O. The Labute approximate surface area is 118 Å². The van der Waals surface area contributed by atoms with E-state index in [1.807, 2.05) is 6.07 Å². The summed E-state index contributed by atoms with van der Waals surface area (Å²) in [5, 5.41) is 0. The molecule has 0 amide bonds. The molecule has 0 aliphatic carbocycles. The van der Waals surface area contributed by atoms with Gasteiger partial charge in [-0.05, 0) is 23.8 Å². The summed E-state index contributed by atoms with van der Waals surface area (Å²) in [4.78, 5) is 4.44. The quantitative estimate of drug-likeness (QED) is 0.926. The number of aromatic nitrogens is 1. The number of hydrogen-bond donors (Lipinski definition) is 1. The Morgan fingerprint density at radius 2 is 1.90 bits per heavy atom. The summed E-state index contributed by atoms with van der Waals surface area (Å²) in [7, 11) is 0. The minimum absolute atomic E-state index is 0.126. The number of ether oxygens (including phenoxy) is 1. The highest BCUT2D eigenvalue weighted by atomic mass is 19.1. The van der Waals surface area contributed by atoms with Gasteiger partial charge in [-0.25, -0.2) is 9.37 Å². The van der Waals surface area contributed by atoms with Gasteiger partial charge in [-0.3, -0.25) is 0 Å². The van der Waals surface area contributed by atoms with Crippen molar-refractivity contribution in [3.05, 3.63) is 53.5 Å². The first kappa shape index (κ1) is 14.5. The molecule has 1 aromatic carbocycles. The first-order chi connectivity index (χ1) is 9.40. The molecule has 0 unspecified atom stereocenters. The van der Waals surface area contributed by atoms with Crippen LogP contribution in [0.4, 0.5) is 4.39 Å². The van der Waals surface area contributed by atoms with Crippen molar-refractivity contribution in [2.75, 3.05) is 0 Å². The van der Waals surface area contributed by atoms with Crippen LogP contribution in [0, 0.1) is 5.82 Å². The lowest BCUT2D eigenvalue weighted by molar-refractivity contribution is 0.420. The smallest absolute Gasteiger partial charge is 0.219 e. The van der Waals surface area contributed by atoms with Crippen molar-refractivity contribution in [3.8, 4) is 11.6 Å². The number of nitrogens with two attached hydrogens (primary N) is 1. The third-order valence-electron chi connectivity index (χ3n) is 2.92. The highest BCUT2D eigenvalue weighted by Gasteiger charge is 2.18. The largest absolute Gasteiger partial charge is 0.436 e. The molecule has 2 N–H and O–H groups in total. The van der Waals surface area contributed by atoms with E-state index in [1.165, 1.54) is 6.07 Å². The fraction of sp³-hybridized carbons (Fsp3) is 0.312. The maximum absolute atomic E-state index is 13.6. The third-order valence-corrected chi connectivity index (χ3v) is 2.92. The van der Waals surface area contributed by atoms with Gasteiger partial charge in [-0.2, -0.15) is 0 Å². The number of pyridine rings is 1. The zero-order valence-electron chi connectivity index (χ0n) is 12.0. The van der Waals surface area contributed by atoms with E-state index in [4.69, 9.17) is 10.5 Å². The molecule has 0 saturated carbocycles. The van der Waals surface area contributed by atoms with Gasteiger partial charge in [0.1, 0.15) is 0 Å². The van der Waals surface area contributed by atoms with Crippen LogP contribution in [0.5, 0.6) is 11.6 Å². The molecule has 0 bridgehead atoms. The predicted octanol–water partition coefficient (Wildman–Crippen LogP) is 3.77. The Bertz CT molecular complexity index is 606. The molecular weight excluding hydrogens is 255 g/mol. The first-order valence-electron chi connectivity index (χ1n) is 6.54. The van der Waals surface area contributed by atoms with Crippen molar-refractivity contribution in [3.63, 3.8) is 0 Å². The highest BCUT2D eigenvalue weighted by molar-refractivity contribution is 5.33. The number of nitrogens with zero attached hydrogens (tertiary/aromatic N) is 1. The molecule has 20 heavy (non-hydrogen) atoms. The standard InChI is InChI=1S/C16H19FN2O/c1-16(2,3)14-8-11(10-18)9-15(19-14)20-13-7-5-4-6-12(13)17/h4-9H,10,18H2,1-3H3. The fourth-order valence-corrected chi connectivity index (χ4v) is 1.75. The molecule has 0 aliphatic rings. The van der Waals surface area contributed by atoms with Crippen LogP contribution in [0.15, 0.2) is 36.4 Å². The van der Waals surface area contributed by atoms with E-state index >= 15 is 0 Å². The third kappa shape index (κ3) is 3.33. The van der Waals surface area contributed by atoms with Crippen LogP contribution in [0.1, 0.15) is 32.0 Å². The van der Waals surface area contributed by atoms with Gasteiger partial charge >= 0.3 is 0 Å². The highest BCUT2D eigenvalue weighted by Crippen LogP contribution is 2.27. The lowest BCUT2D eigenvalue weighted by atomic mass is 9.91. The summed E-state index contributed by atoms with van der Waals surface area (Å²) < 4.78 is 19.2. The van der Waals surface area contributed by atoms with Crippen LogP contribution >= 0.6 is 0 Å². The topological polar surface area (TPSA) is 48.1 Å². The van der Waals surface area contributed by atoms with E-state index in [0.717, 1.165) is 11.3 Å². The molecule has 106 valence electrons. The van der Waals surface area contributed by atoms with Gasteiger partial charge in [-0.15, -0.1) is 0 Å². The minimum Gasteiger partial charge on any atom is -0.436 e. The van der Waals surface area contributed by atoms with Crippen molar-refractivity contribution >= 4 is 0 Å². The molecule has 0 atom stereocenters. The van der Waals surface area contributed by atoms with E-state index in [-0.39, 0.29) is 11.2 Å². The van der Waals surface area contributed by atoms with E-state index in [2.05, 4.69) is 25.8 Å². The molecule has 2 rings (SSSR count). The number of para-hydroxylation sites is 1. The van der Waals surface area contributed by atoms with E-state index in [9.17, 15) is 4.39 Å². The monoisotopic (exact) mass is 274 g/mol. The second-order valence-electron chi connectivity index (χ2n) is 5.69. The van der Waals surface area contributed by atoms with Gasteiger partial charge in [0, 0.05) is 18.0 Å². The second kappa shape index (κ2) is 5.59. The summed E-state index contributed by atoms with van der Waals surface area (Å²) in [5.41, 5.74) is 7.35. The Balaban J connectivity index is 2.39. The van der Waals surface area contributed by atoms with E-state index < -0.39 is 5.82 Å². The van der Waals surface area contributed by atoms with Gasteiger partial charge in [0.2, 0.25) is 5.88 Å². The Morgan fingerprint density at radius 1 is 1.20 bits per heavy atom. The summed E-state index contributed by atoms with van der Waals surface area (Å²) in [6.07, 6.45) is 0. The average molecular weight is 274 g/mol. The van der Waals surface area contributed by atoms with Crippen molar-refractivity contribution < 1.29 is 9.13 Å². The van der Waals surface area contributed by atoms with Crippen LogP contribution in [0.2, 0.25) is 0 Å². The molecule has 0 fully saturated rings. The number of hydrogen-bond acceptors (Lipinski definition) is 3. The number of rotatable bonds is 3. The van der Waals surface area contributed by atoms with E-state index in [0.29, 0.717) is 12.4 Å². The van der Waals surface area contributed by atoms with Crippen LogP contribution in [0.3, 0.4) is 0 Å². The maximum Gasteiger partial charge on any atom is 0.219 e. The average Bonchev–Trinajstić information content (AvgIpc) is 2.40. The van der Waals surface area contributed by atoms with Crippen LogP contribution in [0.25, 0.3) is 0 Å². The van der Waals surface area contributed by atoms with Crippen molar-refractivity contribution in [2.24, 2.45) is 5.73 Å². The molecule has 0 aliphatic heterocycles. The summed E-state index contributed by atoms with van der Waals surface area (Å²) >= 11 is 0. The van der Waals surface area contributed by atoms with Gasteiger partial charge in [0.15, 0.2) is 11.6 Å². The zero-order valence-corrected chi connectivity index (χ0v) is 12.0. The van der Waals surface area contributed by atoms with E-state index in [1.54, 1.807) is 24.3 Å². The van der Waals surface area contributed by atoms with Gasteiger partial charge < -0.3 is 10.5 Å². The van der Waals surface area contributed by atoms with Crippen LogP contribution in [-0.4, -0.2) is 4.98 Å².